The van der Waals surface area contributed by atoms with Gasteiger partial charge in [-0.3, -0.25) is 4.98 Å². The van der Waals surface area contributed by atoms with E-state index in [2.05, 4.69) is 10.3 Å². The summed E-state index contributed by atoms with van der Waals surface area (Å²) in [6, 6.07) is 3.44. The molecule has 2 atom stereocenters. The molecule has 1 saturated heterocycles. The molecule has 0 aliphatic carbocycles. The fourth-order valence-corrected chi connectivity index (χ4v) is 3.11. The van der Waals surface area contributed by atoms with Gasteiger partial charge in [0.05, 0.1) is 6.54 Å². The lowest BCUT2D eigenvalue weighted by molar-refractivity contribution is -0.142. The summed E-state index contributed by atoms with van der Waals surface area (Å²) in [6.45, 7) is 5.08. The first kappa shape index (κ1) is 17.4. The van der Waals surface area contributed by atoms with Crippen LogP contribution < -0.4 is 5.32 Å². The van der Waals surface area contributed by atoms with Gasteiger partial charge in [-0.05, 0) is 23.5 Å². The van der Waals surface area contributed by atoms with Crippen LogP contribution in [-0.4, -0.2) is 46.6 Å². The van der Waals surface area contributed by atoms with Gasteiger partial charge in [0, 0.05) is 37.1 Å². The molecule has 7 heteroatoms. The molecule has 2 unspecified atom stereocenters. The van der Waals surface area contributed by atoms with Crippen LogP contribution in [0.2, 0.25) is 0 Å². The SMILES string of the molecule is CC(C)(C)C1CN(C(=O)O)CC(F)(F)C1CNc1ccncc1. The van der Waals surface area contributed by atoms with Crippen LogP contribution >= 0.6 is 0 Å². The van der Waals surface area contributed by atoms with Crippen molar-refractivity contribution in [1.82, 2.24) is 9.88 Å². The molecule has 1 fully saturated rings. The highest BCUT2D eigenvalue weighted by atomic mass is 19.3. The van der Waals surface area contributed by atoms with Crippen LogP contribution in [0.25, 0.3) is 0 Å². The van der Waals surface area contributed by atoms with Crippen LogP contribution in [0.15, 0.2) is 24.5 Å². The van der Waals surface area contributed by atoms with Crippen LogP contribution in [0.1, 0.15) is 20.8 Å². The molecule has 1 amide bonds. The van der Waals surface area contributed by atoms with Crippen molar-refractivity contribution in [1.29, 1.82) is 0 Å². The van der Waals surface area contributed by atoms with E-state index in [1.54, 1.807) is 24.5 Å². The maximum Gasteiger partial charge on any atom is 0.407 e. The van der Waals surface area contributed by atoms with Gasteiger partial charge in [0.25, 0.3) is 5.92 Å². The molecule has 1 aromatic rings. The highest BCUT2D eigenvalue weighted by Crippen LogP contribution is 2.44. The van der Waals surface area contributed by atoms with Crippen molar-refractivity contribution in [2.45, 2.75) is 26.7 Å². The smallest absolute Gasteiger partial charge is 0.407 e. The van der Waals surface area contributed by atoms with Gasteiger partial charge in [0.15, 0.2) is 0 Å². The molecule has 0 spiro atoms. The summed E-state index contributed by atoms with van der Waals surface area (Å²) in [5.74, 6) is -4.46. The van der Waals surface area contributed by atoms with E-state index in [0.717, 1.165) is 10.6 Å². The van der Waals surface area contributed by atoms with Crippen LogP contribution in [0.5, 0.6) is 0 Å². The van der Waals surface area contributed by atoms with Crippen LogP contribution in [0, 0.1) is 17.3 Å². The molecule has 1 aliphatic heterocycles. The molecule has 2 N–H and O–H groups in total. The molecule has 23 heavy (non-hydrogen) atoms. The second-order valence-electron chi connectivity index (χ2n) is 7.12. The van der Waals surface area contributed by atoms with Crippen molar-refractivity contribution < 1.29 is 18.7 Å². The Morgan fingerprint density at radius 1 is 1.43 bits per heavy atom. The number of likely N-dealkylation sites (tertiary alicyclic amines) is 1. The molecule has 2 rings (SSSR count). The van der Waals surface area contributed by atoms with E-state index < -0.39 is 35.8 Å². The van der Waals surface area contributed by atoms with Crippen LogP contribution in [-0.2, 0) is 0 Å². The normalized spacial score (nSPS) is 24.3. The van der Waals surface area contributed by atoms with Gasteiger partial charge < -0.3 is 15.3 Å². The largest absolute Gasteiger partial charge is 0.465 e. The van der Waals surface area contributed by atoms with Crippen molar-refractivity contribution >= 4 is 11.8 Å². The topological polar surface area (TPSA) is 65.5 Å². The predicted octanol–water partition coefficient (Wildman–Crippen LogP) is 3.40. The first-order valence-corrected chi connectivity index (χ1v) is 7.61. The highest BCUT2D eigenvalue weighted by molar-refractivity contribution is 5.65. The number of piperidine rings is 1. The van der Waals surface area contributed by atoms with E-state index >= 15 is 0 Å². The number of hydrogen-bond acceptors (Lipinski definition) is 3. The third-order valence-electron chi connectivity index (χ3n) is 4.44. The summed E-state index contributed by atoms with van der Waals surface area (Å²) in [4.78, 5) is 15.9. The number of nitrogens with one attached hydrogen (secondary N) is 1. The standard InChI is InChI=1S/C16H23F2N3O2/c1-15(2,3)13-9-21(14(22)23)10-16(17,18)12(13)8-20-11-4-6-19-7-5-11/h4-7,12-13H,8-10H2,1-3H3,(H,19,20)(H,22,23). The highest BCUT2D eigenvalue weighted by Gasteiger charge is 2.53. The third-order valence-corrected chi connectivity index (χ3v) is 4.44. The first-order valence-electron chi connectivity index (χ1n) is 7.61. The number of anilines is 1. The van der Waals surface area contributed by atoms with Gasteiger partial charge in [-0.1, -0.05) is 20.8 Å². The van der Waals surface area contributed by atoms with E-state index in [1.807, 2.05) is 20.8 Å². The lowest BCUT2D eigenvalue weighted by Crippen LogP contribution is -2.59. The summed E-state index contributed by atoms with van der Waals surface area (Å²) in [5, 5.41) is 12.1. The van der Waals surface area contributed by atoms with Gasteiger partial charge in [-0.25, -0.2) is 13.6 Å². The zero-order valence-electron chi connectivity index (χ0n) is 13.6. The van der Waals surface area contributed by atoms with E-state index in [1.165, 1.54) is 0 Å². The van der Waals surface area contributed by atoms with E-state index in [4.69, 9.17) is 5.11 Å². The molecule has 0 aromatic carbocycles. The van der Waals surface area contributed by atoms with Crippen molar-refractivity contribution in [3.05, 3.63) is 24.5 Å². The minimum Gasteiger partial charge on any atom is -0.465 e. The number of nitrogens with zero attached hydrogens (tertiary/aromatic N) is 2. The number of rotatable bonds is 3. The average molecular weight is 327 g/mol. The Bertz CT molecular complexity index is 546. The third kappa shape index (κ3) is 4.09. The van der Waals surface area contributed by atoms with E-state index in [9.17, 15) is 13.6 Å². The van der Waals surface area contributed by atoms with Gasteiger partial charge >= 0.3 is 6.09 Å². The number of aromatic nitrogens is 1. The minimum atomic E-state index is -3.07. The number of halogens is 2. The number of amides is 1. The molecular weight excluding hydrogens is 304 g/mol. The molecule has 1 aromatic heterocycles. The number of hydrogen-bond donors (Lipinski definition) is 2. The maximum atomic E-state index is 14.6. The van der Waals surface area contributed by atoms with Gasteiger partial charge in [-0.15, -0.1) is 0 Å². The Hall–Kier alpha value is -1.92. The van der Waals surface area contributed by atoms with Gasteiger partial charge in [0.1, 0.15) is 0 Å². The molecule has 128 valence electrons. The van der Waals surface area contributed by atoms with E-state index in [0.29, 0.717) is 0 Å². The van der Waals surface area contributed by atoms with Gasteiger partial charge in [0.2, 0.25) is 0 Å². The van der Waals surface area contributed by atoms with Gasteiger partial charge in [-0.2, -0.15) is 0 Å². The minimum absolute atomic E-state index is 0.0897. The lowest BCUT2D eigenvalue weighted by atomic mass is 9.68. The second-order valence-corrected chi connectivity index (χ2v) is 7.12. The molecule has 0 saturated carbocycles. The van der Waals surface area contributed by atoms with Crippen molar-refractivity contribution in [3.8, 4) is 0 Å². The predicted molar refractivity (Wildman–Crippen MR) is 83.7 cm³/mol. The first-order chi connectivity index (χ1) is 10.6. The Morgan fingerprint density at radius 2 is 2.04 bits per heavy atom. The summed E-state index contributed by atoms with van der Waals surface area (Å²) in [7, 11) is 0. The summed E-state index contributed by atoms with van der Waals surface area (Å²) >= 11 is 0. The number of carboxylic acid groups (broad SMARTS) is 1. The monoisotopic (exact) mass is 327 g/mol. The molecule has 1 aliphatic rings. The second kappa shape index (κ2) is 6.29. The molecular formula is C16H23F2N3O2. The van der Waals surface area contributed by atoms with Crippen molar-refractivity contribution in [2.24, 2.45) is 17.3 Å². The summed E-state index contributed by atoms with van der Waals surface area (Å²) in [6.07, 6.45) is 1.89. The Balaban J connectivity index is 2.20. The number of alkyl halides is 2. The fourth-order valence-electron chi connectivity index (χ4n) is 3.11. The Morgan fingerprint density at radius 3 is 2.57 bits per heavy atom. The quantitative estimate of drug-likeness (QED) is 0.893. The zero-order chi connectivity index (χ0) is 17.3. The summed E-state index contributed by atoms with van der Waals surface area (Å²) < 4.78 is 29.2. The fraction of sp³-hybridized carbons (Fsp3) is 0.625. The Kier molecular flexibility index (Phi) is 4.77. The number of pyridine rings is 1. The van der Waals surface area contributed by atoms with Crippen molar-refractivity contribution in [2.75, 3.05) is 25.0 Å². The average Bonchev–Trinajstić information content (AvgIpc) is 2.44. The van der Waals surface area contributed by atoms with Crippen LogP contribution in [0.3, 0.4) is 0 Å². The molecule has 5 nitrogen and oxygen atoms in total. The zero-order valence-corrected chi connectivity index (χ0v) is 13.6. The van der Waals surface area contributed by atoms with Crippen molar-refractivity contribution in [3.63, 3.8) is 0 Å². The lowest BCUT2D eigenvalue weighted by Gasteiger charge is -2.47. The van der Waals surface area contributed by atoms with Crippen LogP contribution in [0.4, 0.5) is 19.3 Å². The summed E-state index contributed by atoms with van der Waals surface area (Å²) in [5.41, 5.74) is 0.298. The van der Waals surface area contributed by atoms with E-state index in [-0.39, 0.29) is 13.1 Å². The maximum absolute atomic E-state index is 14.6. The molecule has 0 bridgehead atoms. The molecule has 0 radical (unpaired) electrons. The number of carbonyl (C=O) groups is 1. The molecule has 2 heterocycles. The Labute approximate surface area is 134 Å².